The van der Waals surface area contributed by atoms with E-state index in [1.165, 1.54) is 5.56 Å². The van der Waals surface area contributed by atoms with E-state index in [0.717, 1.165) is 11.3 Å². The van der Waals surface area contributed by atoms with Crippen LogP contribution in [-0.2, 0) is 4.79 Å². The number of nitrogens with one attached hydrogen (secondary N) is 1. The van der Waals surface area contributed by atoms with Gasteiger partial charge in [0, 0.05) is 10.7 Å². The minimum atomic E-state index is 0.0343. The van der Waals surface area contributed by atoms with Gasteiger partial charge in [-0.2, -0.15) is 0 Å². The van der Waals surface area contributed by atoms with Crippen molar-refractivity contribution in [2.45, 2.75) is 5.25 Å². The van der Waals surface area contributed by atoms with Crippen LogP contribution in [0.25, 0.3) is 0 Å². The molecule has 1 aliphatic rings. The molecule has 0 unspecified atom stereocenters. The Morgan fingerprint density at radius 1 is 1.16 bits per heavy atom. The zero-order chi connectivity index (χ0) is 13.2. The molecule has 2 aromatic carbocycles. The number of hydrogen-bond donors (Lipinski definition) is 1. The second-order valence-corrected chi connectivity index (χ2v) is 5.91. The van der Waals surface area contributed by atoms with E-state index in [4.69, 9.17) is 11.6 Å². The van der Waals surface area contributed by atoms with E-state index >= 15 is 0 Å². The summed E-state index contributed by atoms with van der Waals surface area (Å²) in [6.07, 6.45) is 0. The van der Waals surface area contributed by atoms with E-state index in [9.17, 15) is 4.79 Å². The Bertz CT molecular complexity index is 615. The zero-order valence-electron chi connectivity index (χ0n) is 10.1. The monoisotopic (exact) mass is 289 g/mol. The highest BCUT2D eigenvalue weighted by Gasteiger charge is 2.24. The largest absolute Gasteiger partial charge is 0.325 e. The van der Waals surface area contributed by atoms with Crippen molar-refractivity contribution < 1.29 is 4.79 Å². The zero-order valence-corrected chi connectivity index (χ0v) is 11.7. The summed E-state index contributed by atoms with van der Waals surface area (Å²) >= 11 is 7.72. The normalized spacial score (nSPS) is 18.4. The molecule has 0 aromatic heterocycles. The Labute approximate surface area is 121 Å². The molecule has 0 spiro atoms. The molecule has 1 atom stereocenters. The quantitative estimate of drug-likeness (QED) is 0.856. The average molecular weight is 290 g/mol. The number of carbonyl (C=O) groups excluding carboxylic acids is 1. The molecule has 96 valence electrons. The van der Waals surface area contributed by atoms with Crippen molar-refractivity contribution in [3.8, 4) is 0 Å². The molecule has 2 nitrogen and oxygen atoms in total. The maximum atomic E-state index is 11.7. The first-order chi connectivity index (χ1) is 9.24. The fourth-order valence-corrected chi connectivity index (χ4v) is 3.50. The van der Waals surface area contributed by atoms with Crippen LogP contribution in [0.4, 0.5) is 5.69 Å². The van der Waals surface area contributed by atoms with Crippen molar-refractivity contribution in [2.24, 2.45) is 0 Å². The highest BCUT2D eigenvalue weighted by molar-refractivity contribution is 8.00. The molecule has 0 saturated carbocycles. The maximum Gasteiger partial charge on any atom is 0.234 e. The molecule has 1 aliphatic heterocycles. The fraction of sp³-hybridized carbons (Fsp3) is 0.133. The second kappa shape index (κ2) is 5.27. The van der Waals surface area contributed by atoms with Crippen LogP contribution in [0.5, 0.6) is 0 Å². The third-order valence-corrected chi connectivity index (χ3v) is 4.58. The van der Waals surface area contributed by atoms with Gasteiger partial charge in [-0.25, -0.2) is 0 Å². The number of amides is 1. The van der Waals surface area contributed by atoms with Crippen LogP contribution in [-0.4, -0.2) is 11.7 Å². The van der Waals surface area contributed by atoms with Gasteiger partial charge in [0.25, 0.3) is 0 Å². The summed E-state index contributed by atoms with van der Waals surface area (Å²) in [6, 6.07) is 15.8. The second-order valence-electron chi connectivity index (χ2n) is 4.38. The molecule has 19 heavy (non-hydrogen) atoms. The molecule has 1 N–H and O–H groups in total. The van der Waals surface area contributed by atoms with Crippen molar-refractivity contribution >= 4 is 35.0 Å². The molecule has 1 heterocycles. The Morgan fingerprint density at radius 2 is 1.95 bits per heavy atom. The summed E-state index contributed by atoms with van der Waals surface area (Å²) in [5, 5.41) is 3.76. The van der Waals surface area contributed by atoms with Gasteiger partial charge in [0.2, 0.25) is 5.91 Å². The van der Waals surface area contributed by atoms with Crippen molar-refractivity contribution in [2.75, 3.05) is 11.1 Å². The standard InChI is InChI=1S/C15H12ClNOS/c16-11-6-7-13-12(8-11)15(19-9-14(18)17-13)10-4-2-1-3-5-10/h1-8,15H,9H2,(H,17,18)/t15-/m1/s1. The predicted molar refractivity (Wildman–Crippen MR) is 80.8 cm³/mol. The first-order valence-electron chi connectivity index (χ1n) is 6.00. The maximum absolute atomic E-state index is 11.7. The molecule has 1 amide bonds. The van der Waals surface area contributed by atoms with Crippen LogP contribution in [0.1, 0.15) is 16.4 Å². The molecule has 0 radical (unpaired) electrons. The smallest absolute Gasteiger partial charge is 0.234 e. The average Bonchev–Trinajstić information content (AvgIpc) is 2.58. The third-order valence-electron chi connectivity index (χ3n) is 3.05. The Balaban J connectivity index is 2.11. The highest BCUT2D eigenvalue weighted by atomic mass is 35.5. The molecular weight excluding hydrogens is 278 g/mol. The van der Waals surface area contributed by atoms with Crippen LogP contribution in [0, 0.1) is 0 Å². The van der Waals surface area contributed by atoms with Crippen LogP contribution >= 0.6 is 23.4 Å². The van der Waals surface area contributed by atoms with Gasteiger partial charge in [0.05, 0.1) is 11.0 Å². The van der Waals surface area contributed by atoms with Gasteiger partial charge in [-0.3, -0.25) is 4.79 Å². The number of halogens is 1. The van der Waals surface area contributed by atoms with Crippen LogP contribution in [0.3, 0.4) is 0 Å². The van der Waals surface area contributed by atoms with Gasteiger partial charge in [0.15, 0.2) is 0 Å². The van der Waals surface area contributed by atoms with Gasteiger partial charge in [-0.15, -0.1) is 11.8 Å². The number of carbonyl (C=O) groups is 1. The number of benzene rings is 2. The lowest BCUT2D eigenvalue weighted by atomic mass is 10.0. The van der Waals surface area contributed by atoms with Crippen molar-refractivity contribution in [1.29, 1.82) is 0 Å². The summed E-state index contributed by atoms with van der Waals surface area (Å²) in [7, 11) is 0. The van der Waals surface area contributed by atoms with Gasteiger partial charge >= 0.3 is 0 Å². The fourth-order valence-electron chi connectivity index (χ4n) is 2.20. The predicted octanol–water partition coefficient (Wildman–Crippen LogP) is 4.11. The Morgan fingerprint density at radius 3 is 2.74 bits per heavy atom. The van der Waals surface area contributed by atoms with E-state index in [1.54, 1.807) is 17.8 Å². The molecule has 0 aliphatic carbocycles. The van der Waals surface area contributed by atoms with E-state index in [-0.39, 0.29) is 11.2 Å². The Hall–Kier alpha value is -1.45. The number of thioether (sulfide) groups is 1. The molecule has 2 aromatic rings. The van der Waals surface area contributed by atoms with E-state index in [0.29, 0.717) is 10.8 Å². The number of rotatable bonds is 1. The lowest BCUT2D eigenvalue weighted by molar-refractivity contribution is -0.113. The first-order valence-corrected chi connectivity index (χ1v) is 7.42. The highest BCUT2D eigenvalue weighted by Crippen LogP contribution is 2.42. The lowest BCUT2D eigenvalue weighted by Crippen LogP contribution is -2.12. The van der Waals surface area contributed by atoms with Gasteiger partial charge in [-0.05, 0) is 29.3 Å². The number of hydrogen-bond acceptors (Lipinski definition) is 2. The summed E-state index contributed by atoms with van der Waals surface area (Å²) < 4.78 is 0. The van der Waals surface area contributed by atoms with Crippen molar-refractivity contribution in [3.05, 3.63) is 64.7 Å². The van der Waals surface area contributed by atoms with Crippen LogP contribution < -0.4 is 5.32 Å². The minimum absolute atomic E-state index is 0.0343. The number of fused-ring (bicyclic) bond motifs is 1. The molecule has 0 bridgehead atoms. The van der Waals surface area contributed by atoms with E-state index in [2.05, 4.69) is 17.4 Å². The minimum Gasteiger partial charge on any atom is -0.325 e. The van der Waals surface area contributed by atoms with Crippen LogP contribution in [0.15, 0.2) is 48.5 Å². The van der Waals surface area contributed by atoms with Gasteiger partial charge in [0.1, 0.15) is 0 Å². The SMILES string of the molecule is O=C1CS[C@H](c2ccccc2)c2cc(Cl)ccc2N1. The Kier molecular flexibility index (Phi) is 3.49. The summed E-state index contributed by atoms with van der Waals surface area (Å²) in [5.74, 6) is 0.485. The van der Waals surface area contributed by atoms with Gasteiger partial charge < -0.3 is 5.32 Å². The summed E-state index contributed by atoms with van der Waals surface area (Å²) in [4.78, 5) is 11.7. The third kappa shape index (κ3) is 2.62. The van der Waals surface area contributed by atoms with Crippen LogP contribution in [0.2, 0.25) is 5.02 Å². The molecule has 4 heteroatoms. The molecule has 0 fully saturated rings. The first kappa shape index (κ1) is 12.6. The molecule has 0 saturated heterocycles. The van der Waals surface area contributed by atoms with Gasteiger partial charge in [-0.1, -0.05) is 41.9 Å². The summed E-state index contributed by atoms with van der Waals surface area (Å²) in [5.41, 5.74) is 3.11. The number of anilines is 1. The van der Waals surface area contributed by atoms with Crippen molar-refractivity contribution in [3.63, 3.8) is 0 Å². The van der Waals surface area contributed by atoms with E-state index in [1.807, 2.05) is 30.3 Å². The van der Waals surface area contributed by atoms with Crippen molar-refractivity contribution in [1.82, 2.24) is 0 Å². The van der Waals surface area contributed by atoms with E-state index < -0.39 is 0 Å². The molecular formula is C15H12ClNOS. The molecule has 3 rings (SSSR count). The lowest BCUT2D eigenvalue weighted by Gasteiger charge is -2.17. The topological polar surface area (TPSA) is 29.1 Å². The summed E-state index contributed by atoms with van der Waals surface area (Å²) in [6.45, 7) is 0.